The van der Waals surface area contributed by atoms with Gasteiger partial charge in [0.15, 0.2) is 0 Å². The maximum atomic E-state index is 12.0. The molecule has 0 aliphatic carbocycles. The Morgan fingerprint density at radius 2 is 2.00 bits per heavy atom. The fraction of sp³-hybridized carbons (Fsp3) is 0.111. The van der Waals surface area contributed by atoms with E-state index in [-0.39, 0.29) is 4.77 Å². The lowest BCUT2D eigenvalue weighted by atomic mass is 10.2. The average molecular weight is 271 g/mol. The quantitative estimate of drug-likeness (QED) is 0.782. The first-order chi connectivity index (χ1) is 7.88. The number of aromatic amines is 1. The van der Waals surface area contributed by atoms with E-state index in [0.717, 1.165) is 10.9 Å². The van der Waals surface area contributed by atoms with Crippen molar-refractivity contribution in [3.8, 4) is 0 Å². The summed E-state index contributed by atoms with van der Waals surface area (Å²) in [6.07, 6.45) is 0.948. The van der Waals surface area contributed by atoms with E-state index in [4.69, 9.17) is 12.2 Å². The van der Waals surface area contributed by atoms with Gasteiger partial charge in [0.05, 0.1) is 17.2 Å². The molecule has 1 heterocycles. The molecule has 0 radical (unpaired) electrons. The summed E-state index contributed by atoms with van der Waals surface area (Å²) in [5.41, 5.74) is 0.0591. The highest BCUT2D eigenvalue weighted by molar-refractivity contribution is 7.91. The summed E-state index contributed by atoms with van der Waals surface area (Å²) < 4.78 is 23.0. The highest BCUT2D eigenvalue weighted by Gasteiger charge is 2.08. The van der Waals surface area contributed by atoms with Crippen molar-refractivity contribution in [1.29, 1.82) is 0 Å². The van der Waals surface area contributed by atoms with Crippen LogP contribution in [-0.2, 0) is 10.0 Å². The summed E-state index contributed by atoms with van der Waals surface area (Å²) in [6, 6.07) is 6.72. The van der Waals surface area contributed by atoms with Crippen molar-refractivity contribution in [3.63, 3.8) is 0 Å². The Bertz CT molecular complexity index is 789. The van der Waals surface area contributed by atoms with Gasteiger partial charge in [-0.1, -0.05) is 12.1 Å². The number of nitrogens with zero attached hydrogens (tertiary/aromatic N) is 1. The van der Waals surface area contributed by atoms with E-state index in [2.05, 4.69) is 9.82 Å². The molecule has 0 spiro atoms. The van der Waals surface area contributed by atoms with Gasteiger partial charge in [0.25, 0.3) is 5.56 Å². The Morgan fingerprint density at radius 1 is 1.35 bits per heavy atom. The van der Waals surface area contributed by atoms with Crippen LogP contribution in [0.5, 0.6) is 0 Å². The summed E-state index contributed by atoms with van der Waals surface area (Å²) >= 11 is 4.92. The monoisotopic (exact) mass is 271 g/mol. The number of rotatable bonds is 2. The van der Waals surface area contributed by atoms with Crippen LogP contribution in [0.4, 0.5) is 0 Å². The fourth-order valence-electron chi connectivity index (χ4n) is 1.41. The third-order valence-electron chi connectivity index (χ3n) is 2.06. The molecule has 1 aromatic carbocycles. The molecule has 0 aliphatic rings. The minimum atomic E-state index is -3.56. The first-order valence-electron chi connectivity index (χ1n) is 4.60. The van der Waals surface area contributed by atoms with Gasteiger partial charge in [-0.2, -0.15) is 4.68 Å². The predicted octanol–water partition coefficient (Wildman–Crippen LogP) is 0.562. The number of H-pyrrole nitrogens is 1. The normalized spacial score (nSPS) is 11.6. The Labute approximate surface area is 102 Å². The van der Waals surface area contributed by atoms with Gasteiger partial charge in [0.2, 0.25) is 14.8 Å². The number of para-hydroxylation sites is 1. The van der Waals surface area contributed by atoms with E-state index < -0.39 is 15.6 Å². The Hall–Kier alpha value is -1.67. The third kappa shape index (κ3) is 2.37. The van der Waals surface area contributed by atoms with Crippen molar-refractivity contribution < 1.29 is 8.42 Å². The van der Waals surface area contributed by atoms with Crippen LogP contribution in [0.25, 0.3) is 10.9 Å². The first kappa shape index (κ1) is 11.8. The highest BCUT2D eigenvalue weighted by Crippen LogP contribution is 2.05. The molecule has 0 bridgehead atoms. The lowest BCUT2D eigenvalue weighted by molar-refractivity contribution is 0.599. The maximum absolute atomic E-state index is 12.0. The zero-order valence-electron chi connectivity index (χ0n) is 8.80. The summed E-state index contributed by atoms with van der Waals surface area (Å²) in [7, 11) is -3.56. The molecule has 6 nitrogen and oxygen atoms in total. The second-order valence-electron chi connectivity index (χ2n) is 3.48. The van der Waals surface area contributed by atoms with Crippen LogP contribution in [0, 0.1) is 4.77 Å². The molecule has 0 amide bonds. The number of hydrogen-bond acceptors (Lipinski definition) is 4. The lowest BCUT2D eigenvalue weighted by Crippen LogP contribution is -2.33. The molecular formula is C9H9N3O3S2. The van der Waals surface area contributed by atoms with E-state index in [1.807, 2.05) is 0 Å². The fourth-order valence-corrected chi connectivity index (χ4v) is 2.21. The Morgan fingerprint density at radius 3 is 2.65 bits per heavy atom. The molecule has 90 valence electrons. The predicted molar refractivity (Wildman–Crippen MR) is 67.6 cm³/mol. The zero-order chi connectivity index (χ0) is 12.6. The van der Waals surface area contributed by atoms with Crippen molar-refractivity contribution in [1.82, 2.24) is 9.66 Å². The van der Waals surface area contributed by atoms with Gasteiger partial charge in [0, 0.05) is 0 Å². The molecule has 0 unspecified atom stereocenters. The van der Waals surface area contributed by atoms with Crippen LogP contribution in [-0.4, -0.2) is 24.3 Å². The minimum Gasteiger partial charge on any atom is -0.330 e. The van der Waals surface area contributed by atoms with Crippen LogP contribution in [0.1, 0.15) is 0 Å². The van der Waals surface area contributed by atoms with Crippen LogP contribution in [0.2, 0.25) is 0 Å². The average Bonchev–Trinajstić information content (AvgIpc) is 2.23. The van der Waals surface area contributed by atoms with Crippen LogP contribution in [0.3, 0.4) is 0 Å². The van der Waals surface area contributed by atoms with Gasteiger partial charge in [-0.15, -0.1) is 0 Å². The second kappa shape index (κ2) is 3.97. The molecule has 17 heavy (non-hydrogen) atoms. The molecule has 0 aliphatic heterocycles. The van der Waals surface area contributed by atoms with Gasteiger partial charge in [-0.3, -0.25) is 4.79 Å². The molecule has 2 N–H and O–H groups in total. The largest absolute Gasteiger partial charge is 0.330 e. The van der Waals surface area contributed by atoms with Crippen molar-refractivity contribution in [3.05, 3.63) is 39.4 Å². The van der Waals surface area contributed by atoms with Crippen LogP contribution >= 0.6 is 12.2 Å². The lowest BCUT2D eigenvalue weighted by Gasteiger charge is -2.08. The van der Waals surface area contributed by atoms with Crippen molar-refractivity contribution in [2.75, 3.05) is 11.1 Å². The molecule has 2 rings (SSSR count). The number of sulfonamides is 1. The Kier molecular flexibility index (Phi) is 2.76. The zero-order valence-corrected chi connectivity index (χ0v) is 10.4. The second-order valence-corrected chi connectivity index (χ2v) is 5.59. The number of hydrogen-bond donors (Lipinski definition) is 2. The maximum Gasteiger partial charge on any atom is 0.281 e. The number of nitrogens with one attached hydrogen (secondary N) is 2. The molecule has 0 saturated carbocycles. The van der Waals surface area contributed by atoms with E-state index in [1.54, 1.807) is 24.3 Å². The summed E-state index contributed by atoms with van der Waals surface area (Å²) in [4.78, 5) is 16.8. The van der Waals surface area contributed by atoms with E-state index in [0.29, 0.717) is 10.9 Å². The van der Waals surface area contributed by atoms with Crippen molar-refractivity contribution >= 4 is 33.1 Å². The van der Waals surface area contributed by atoms with Gasteiger partial charge in [0.1, 0.15) is 0 Å². The SMILES string of the molecule is CS(=O)(=O)Nn1c(=S)[nH]c2ccccc2c1=O. The molecule has 0 saturated heterocycles. The first-order valence-corrected chi connectivity index (χ1v) is 6.90. The summed E-state index contributed by atoms with van der Waals surface area (Å²) in [5, 5.41) is 0.359. The van der Waals surface area contributed by atoms with Crippen molar-refractivity contribution in [2.45, 2.75) is 0 Å². The van der Waals surface area contributed by atoms with E-state index in [1.165, 1.54) is 0 Å². The molecular weight excluding hydrogens is 262 g/mol. The number of benzene rings is 1. The smallest absolute Gasteiger partial charge is 0.281 e. The Balaban J connectivity index is 2.82. The minimum absolute atomic E-state index is 0.000810. The molecule has 0 fully saturated rings. The van der Waals surface area contributed by atoms with Crippen LogP contribution in [0.15, 0.2) is 29.1 Å². The summed E-state index contributed by atoms with van der Waals surface area (Å²) in [6.45, 7) is 0. The topological polar surface area (TPSA) is 84.0 Å². The van der Waals surface area contributed by atoms with E-state index >= 15 is 0 Å². The highest BCUT2D eigenvalue weighted by atomic mass is 32.2. The van der Waals surface area contributed by atoms with Gasteiger partial charge in [-0.05, 0) is 24.4 Å². The number of aromatic nitrogens is 2. The molecule has 8 heteroatoms. The molecule has 0 atom stereocenters. The molecule has 1 aromatic heterocycles. The van der Waals surface area contributed by atoms with Gasteiger partial charge < -0.3 is 4.98 Å². The van der Waals surface area contributed by atoms with Gasteiger partial charge in [-0.25, -0.2) is 13.2 Å². The van der Waals surface area contributed by atoms with Gasteiger partial charge >= 0.3 is 0 Å². The summed E-state index contributed by atoms with van der Waals surface area (Å²) in [5.74, 6) is 0. The van der Waals surface area contributed by atoms with Crippen molar-refractivity contribution in [2.24, 2.45) is 0 Å². The standard InChI is InChI=1S/C9H9N3O3S2/c1-17(14,15)11-12-8(13)6-4-2-3-5-7(6)10-9(12)16/h2-5,11H,1H3,(H,10,16). The van der Waals surface area contributed by atoms with E-state index in [9.17, 15) is 13.2 Å². The third-order valence-corrected chi connectivity index (χ3v) is 2.86. The van der Waals surface area contributed by atoms with Crippen LogP contribution < -0.4 is 10.4 Å². The number of fused-ring (bicyclic) bond motifs is 1. The molecule has 2 aromatic rings.